The molecular weight excluding hydrogens is 403 g/mol. The second kappa shape index (κ2) is 15.5. The summed E-state index contributed by atoms with van der Waals surface area (Å²) >= 11 is 0. The lowest BCUT2D eigenvalue weighted by molar-refractivity contribution is -0.698. The number of aryl methyl sites for hydroxylation is 4. The van der Waals surface area contributed by atoms with Crippen molar-refractivity contribution in [3.05, 3.63) is 60.2 Å². The molecule has 0 spiro atoms. The van der Waals surface area contributed by atoms with Gasteiger partial charge in [0.2, 0.25) is 0 Å². The predicted molar refractivity (Wildman–Crippen MR) is 130 cm³/mol. The molecule has 2 heterocycles. The molecule has 2 aromatic rings. The molecule has 0 aliphatic carbocycles. The van der Waals surface area contributed by atoms with Crippen LogP contribution in [0, 0.1) is 11.8 Å². The van der Waals surface area contributed by atoms with Crippen molar-refractivity contribution in [2.24, 2.45) is 11.8 Å². The summed E-state index contributed by atoms with van der Waals surface area (Å²) in [7, 11) is -0.345. The molecule has 4 nitrogen and oxygen atoms in total. The maximum Gasteiger partial charge on any atom is 0.250 e. The molecule has 0 radical (unpaired) electrons. The van der Waals surface area contributed by atoms with E-state index < -0.39 is 0 Å². The highest BCUT2D eigenvalue weighted by molar-refractivity contribution is 7.26. The lowest BCUT2D eigenvalue weighted by Gasteiger charge is -2.03. The van der Waals surface area contributed by atoms with Gasteiger partial charge in [-0.1, -0.05) is 27.7 Å². The highest BCUT2D eigenvalue weighted by Gasteiger charge is 2.05. The fourth-order valence-electron chi connectivity index (χ4n) is 3.29. The Bertz CT molecular complexity index is 641. The van der Waals surface area contributed by atoms with Gasteiger partial charge in [0.15, 0.2) is 24.8 Å². The lowest BCUT2D eigenvalue weighted by Crippen LogP contribution is -2.33. The van der Waals surface area contributed by atoms with Gasteiger partial charge >= 0.3 is 0 Å². The molecule has 31 heavy (non-hydrogen) atoms. The minimum absolute atomic E-state index is 0.345. The third kappa shape index (κ3) is 12.3. The molecule has 2 rings (SSSR count). The summed E-state index contributed by atoms with van der Waals surface area (Å²) < 4.78 is 16.0. The van der Waals surface area contributed by atoms with E-state index in [1.54, 1.807) is 0 Å². The van der Waals surface area contributed by atoms with Crippen molar-refractivity contribution in [2.45, 2.75) is 79.3 Å². The highest BCUT2D eigenvalue weighted by Crippen LogP contribution is 2.15. The second-order valence-corrected chi connectivity index (χ2v) is 10.2. The lowest BCUT2D eigenvalue weighted by atomic mass is 10.1. The third-order valence-electron chi connectivity index (χ3n) is 5.44. The number of rotatable bonds is 16. The molecule has 0 N–H and O–H groups in total. The topological polar surface area (TPSA) is 26.2 Å². The summed E-state index contributed by atoms with van der Waals surface area (Å²) in [5, 5.41) is 0. The molecule has 0 aromatic carbocycles. The molecule has 172 valence electrons. The minimum Gasteiger partial charge on any atom is -0.212 e. The van der Waals surface area contributed by atoms with E-state index in [1.807, 2.05) is 0 Å². The first-order valence-electron chi connectivity index (χ1n) is 12.0. The minimum atomic E-state index is -0.345. The monoisotopic (exact) mass is 447 g/mol. The Kier molecular flexibility index (Phi) is 12.9. The SMILES string of the molecule is CC(C)CC[n+]1ccc(CCCO[PH2+]OCCCc2cc[n+](CCC(C)C)cc2)cc1. The molecule has 0 aliphatic rings. The van der Waals surface area contributed by atoms with Gasteiger partial charge in [0.05, 0.1) is 13.2 Å². The van der Waals surface area contributed by atoms with Crippen LogP contribution in [0.3, 0.4) is 0 Å². The Balaban J connectivity index is 1.46. The summed E-state index contributed by atoms with van der Waals surface area (Å²) in [6.07, 6.45) is 15.5. The van der Waals surface area contributed by atoms with Gasteiger partial charge < -0.3 is 0 Å². The quantitative estimate of drug-likeness (QED) is 0.201. The summed E-state index contributed by atoms with van der Waals surface area (Å²) in [4.78, 5) is 0. The zero-order chi connectivity index (χ0) is 22.3. The first-order chi connectivity index (χ1) is 15.0. The molecule has 0 unspecified atom stereocenters. The van der Waals surface area contributed by atoms with Crippen LogP contribution in [-0.4, -0.2) is 13.2 Å². The molecule has 2 aromatic heterocycles. The van der Waals surface area contributed by atoms with E-state index in [1.165, 1.54) is 24.0 Å². The fraction of sp³-hybridized carbons (Fsp3) is 0.615. The first kappa shape index (κ1) is 25.9. The van der Waals surface area contributed by atoms with Crippen molar-refractivity contribution >= 4 is 9.03 Å². The van der Waals surface area contributed by atoms with Crippen molar-refractivity contribution in [1.29, 1.82) is 0 Å². The van der Waals surface area contributed by atoms with Crippen LogP contribution in [0.5, 0.6) is 0 Å². The normalized spacial score (nSPS) is 11.5. The Hall–Kier alpha value is -1.35. The number of pyridine rings is 2. The average Bonchev–Trinajstić information content (AvgIpc) is 2.76. The van der Waals surface area contributed by atoms with Crippen LogP contribution >= 0.6 is 9.03 Å². The number of aromatic nitrogens is 2. The second-order valence-electron chi connectivity index (χ2n) is 9.30. The van der Waals surface area contributed by atoms with Crippen molar-refractivity contribution in [3.8, 4) is 0 Å². The van der Waals surface area contributed by atoms with Crippen LogP contribution in [-0.2, 0) is 35.0 Å². The number of hydrogen-bond donors (Lipinski definition) is 0. The Morgan fingerprint density at radius 3 is 1.42 bits per heavy atom. The van der Waals surface area contributed by atoms with Crippen molar-refractivity contribution < 1.29 is 18.2 Å². The maximum absolute atomic E-state index is 5.71. The third-order valence-corrected chi connectivity index (χ3v) is 6.18. The predicted octanol–water partition coefficient (Wildman–Crippen LogP) is 5.19. The van der Waals surface area contributed by atoms with Crippen molar-refractivity contribution in [2.75, 3.05) is 13.2 Å². The van der Waals surface area contributed by atoms with Crippen molar-refractivity contribution in [1.82, 2.24) is 0 Å². The van der Waals surface area contributed by atoms with Crippen LogP contribution in [0.15, 0.2) is 49.1 Å². The average molecular weight is 448 g/mol. The van der Waals surface area contributed by atoms with Crippen molar-refractivity contribution in [3.63, 3.8) is 0 Å². The van der Waals surface area contributed by atoms with E-state index in [4.69, 9.17) is 9.05 Å². The van der Waals surface area contributed by atoms with E-state index >= 15 is 0 Å². The zero-order valence-electron chi connectivity index (χ0n) is 20.1. The highest BCUT2D eigenvalue weighted by atomic mass is 31.1. The standard InChI is InChI=1S/C26H44N2O2P/c1-23(2)9-15-27-17-11-25(12-18-27)7-5-21-29-31-30-22-6-8-26-13-19-28(20-14-26)16-10-24(3)4/h11-14,17-20,23-24H,5-10,15-16,21-22,31H2,1-4H3/q+3. The summed E-state index contributed by atoms with van der Waals surface area (Å²) in [5.41, 5.74) is 2.77. The Labute approximate surface area is 192 Å². The van der Waals surface area contributed by atoms with Crippen LogP contribution in [0.25, 0.3) is 0 Å². The molecule has 0 aliphatic heterocycles. The van der Waals surface area contributed by atoms with Gasteiger partial charge in [0.1, 0.15) is 13.1 Å². The molecule has 5 heteroatoms. The van der Waals surface area contributed by atoms with E-state index in [-0.39, 0.29) is 9.03 Å². The molecule has 0 fully saturated rings. The summed E-state index contributed by atoms with van der Waals surface area (Å²) in [6, 6.07) is 8.94. The Morgan fingerprint density at radius 1 is 0.677 bits per heavy atom. The summed E-state index contributed by atoms with van der Waals surface area (Å²) in [5.74, 6) is 1.50. The van der Waals surface area contributed by atoms with Gasteiger partial charge in [-0.05, 0) is 48.6 Å². The van der Waals surface area contributed by atoms with E-state index in [9.17, 15) is 0 Å². The van der Waals surface area contributed by atoms with Gasteiger partial charge in [0, 0.05) is 37.1 Å². The first-order valence-corrected chi connectivity index (χ1v) is 13.0. The van der Waals surface area contributed by atoms with Gasteiger partial charge in [-0.25, -0.2) is 18.2 Å². The molecule has 0 bridgehead atoms. The van der Waals surface area contributed by atoms with E-state index in [2.05, 4.69) is 85.9 Å². The van der Waals surface area contributed by atoms with Gasteiger partial charge in [-0.3, -0.25) is 0 Å². The molecular formula is C26H44N2O2P+3. The van der Waals surface area contributed by atoms with Gasteiger partial charge in [0.25, 0.3) is 9.03 Å². The largest absolute Gasteiger partial charge is 0.250 e. The number of nitrogens with zero attached hydrogens (tertiary/aromatic N) is 2. The molecule has 0 saturated heterocycles. The van der Waals surface area contributed by atoms with Crippen LogP contribution < -0.4 is 9.13 Å². The van der Waals surface area contributed by atoms with Gasteiger partial charge in [-0.15, -0.1) is 0 Å². The van der Waals surface area contributed by atoms with E-state index in [0.29, 0.717) is 0 Å². The Morgan fingerprint density at radius 2 is 1.06 bits per heavy atom. The van der Waals surface area contributed by atoms with E-state index in [0.717, 1.165) is 63.8 Å². The van der Waals surface area contributed by atoms with Crippen LogP contribution in [0.2, 0.25) is 0 Å². The zero-order valence-corrected chi connectivity index (χ0v) is 21.3. The smallest absolute Gasteiger partial charge is 0.212 e. The molecule has 0 atom stereocenters. The molecule has 0 amide bonds. The fourth-order valence-corrected chi connectivity index (χ4v) is 3.91. The molecule has 0 saturated carbocycles. The van der Waals surface area contributed by atoms with Gasteiger partial charge in [-0.2, -0.15) is 0 Å². The van der Waals surface area contributed by atoms with Crippen LogP contribution in [0.1, 0.15) is 64.5 Å². The summed E-state index contributed by atoms with van der Waals surface area (Å²) in [6.45, 7) is 12.9. The van der Waals surface area contributed by atoms with Crippen LogP contribution in [0.4, 0.5) is 0 Å². The maximum atomic E-state index is 5.71. The number of hydrogen-bond acceptors (Lipinski definition) is 2.